The lowest BCUT2D eigenvalue weighted by Crippen LogP contribution is -2.11. The van der Waals surface area contributed by atoms with E-state index in [1.54, 1.807) is 10.9 Å². The van der Waals surface area contributed by atoms with Gasteiger partial charge < -0.3 is 4.74 Å². The Morgan fingerprint density at radius 3 is 2.47 bits per heavy atom. The molecule has 0 amide bonds. The second-order valence-corrected chi connectivity index (χ2v) is 5.43. The predicted octanol–water partition coefficient (Wildman–Crippen LogP) is 3.09. The van der Waals surface area contributed by atoms with Crippen molar-refractivity contribution in [2.24, 2.45) is 0 Å². The molecule has 4 nitrogen and oxygen atoms in total. The molecule has 2 rings (SSSR count). The van der Waals surface area contributed by atoms with Gasteiger partial charge in [-0.25, -0.2) is 4.68 Å². The standard InChI is InChI=1S/C15H17N3O/c1-15(2,3)13-4-6-14(7-5-13)19-11-18-10-12(8-16)9-17-18/h4-7,9-10H,11H2,1-3H3. The largest absolute Gasteiger partial charge is 0.471 e. The molecule has 1 heterocycles. The molecule has 0 N–H and O–H groups in total. The molecule has 0 spiro atoms. The SMILES string of the molecule is CC(C)(C)c1ccc(OCn2cc(C#N)cn2)cc1. The van der Waals surface area contributed by atoms with Crippen LogP contribution in [-0.2, 0) is 12.1 Å². The van der Waals surface area contributed by atoms with Crippen molar-refractivity contribution in [2.45, 2.75) is 32.9 Å². The fraction of sp³-hybridized carbons (Fsp3) is 0.333. The molecule has 1 aromatic carbocycles. The molecule has 0 radical (unpaired) electrons. The van der Waals surface area contributed by atoms with Crippen molar-refractivity contribution < 1.29 is 4.74 Å². The summed E-state index contributed by atoms with van der Waals surface area (Å²) in [7, 11) is 0. The minimum Gasteiger partial charge on any atom is -0.471 e. The smallest absolute Gasteiger partial charge is 0.180 e. The van der Waals surface area contributed by atoms with Gasteiger partial charge in [-0.15, -0.1) is 0 Å². The first-order valence-corrected chi connectivity index (χ1v) is 6.15. The summed E-state index contributed by atoms with van der Waals surface area (Å²) < 4.78 is 7.20. The highest BCUT2D eigenvalue weighted by Crippen LogP contribution is 2.24. The first kappa shape index (κ1) is 13.2. The maximum absolute atomic E-state index is 8.70. The number of nitriles is 1. The molecule has 4 heteroatoms. The van der Waals surface area contributed by atoms with Gasteiger partial charge in [0, 0.05) is 6.20 Å². The Kier molecular flexibility index (Phi) is 3.57. The number of hydrogen-bond donors (Lipinski definition) is 0. The third-order valence-corrected chi connectivity index (χ3v) is 2.85. The van der Waals surface area contributed by atoms with Crippen molar-refractivity contribution in [3.8, 4) is 11.8 Å². The van der Waals surface area contributed by atoms with E-state index in [1.165, 1.54) is 11.8 Å². The number of aromatic nitrogens is 2. The van der Waals surface area contributed by atoms with Gasteiger partial charge in [0.25, 0.3) is 0 Å². The minimum atomic E-state index is 0.141. The van der Waals surface area contributed by atoms with E-state index in [0.29, 0.717) is 12.3 Å². The van der Waals surface area contributed by atoms with Crippen LogP contribution in [0.25, 0.3) is 0 Å². The average Bonchev–Trinajstić information content (AvgIpc) is 2.84. The molecular formula is C15H17N3O. The van der Waals surface area contributed by atoms with Gasteiger partial charge in [0.05, 0.1) is 11.8 Å². The molecule has 0 fully saturated rings. The molecule has 0 aliphatic carbocycles. The second kappa shape index (κ2) is 5.15. The lowest BCUT2D eigenvalue weighted by molar-refractivity contribution is 0.221. The van der Waals surface area contributed by atoms with Gasteiger partial charge in [0.15, 0.2) is 6.73 Å². The summed E-state index contributed by atoms with van der Waals surface area (Å²) >= 11 is 0. The van der Waals surface area contributed by atoms with Crippen molar-refractivity contribution in [1.82, 2.24) is 9.78 Å². The summed E-state index contributed by atoms with van der Waals surface area (Å²) in [5.74, 6) is 0.794. The van der Waals surface area contributed by atoms with Crippen LogP contribution in [0.15, 0.2) is 36.7 Å². The topological polar surface area (TPSA) is 50.8 Å². The molecule has 0 saturated heterocycles. The molecule has 0 aliphatic rings. The van der Waals surface area contributed by atoms with E-state index < -0.39 is 0 Å². The van der Waals surface area contributed by atoms with E-state index in [-0.39, 0.29) is 5.41 Å². The number of hydrogen-bond acceptors (Lipinski definition) is 3. The van der Waals surface area contributed by atoms with Crippen LogP contribution in [0.4, 0.5) is 0 Å². The maximum Gasteiger partial charge on any atom is 0.180 e. The first-order valence-electron chi connectivity index (χ1n) is 6.15. The molecule has 0 bridgehead atoms. The Morgan fingerprint density at radius 1 is 1.26 bits per heavy atom. The Bertz CT molecular complexity index is 585. The van der Waals surface area contributed by atoms with Gasteiger partial charge in [-0.2, -0.15) is 10.4 Å². The van der Waals surface area contributed by atoms with Gasteiger partial charge in [-0.1, -0.05) is 32.9 Å². The molecule has 19 heavy (non-hydrogen) atoms. The van der Waals surface area contributed by atoms with Gasteiger partial charge in [0.1, 0.15) is 11.8 Å². The average molecular weight is 255 g/mol. The van der Waals surface area contributed by atoms with Crippen LogP contribution in [-0.4, -0.2) is 9.78 Å². The van der Waals surface area contributed by atoms with E-state index in [4.69, 9.17) is 10.00 Å². The third kappa shape index (κ3) is 3.35. The molecule has 2 aromatic rings. The van der Waals surface area contributed by atoms with Crippen molar-refractivity contribution in [1.29, 1.82) is 5.26 Å². The van der Waals surface area contributed by atoms with E-state index in [9.17, 15) is 0 Å². The second-order valence-electron chi connectivity index (χ2n) is 5.43. The van der Waals surface area contributed by atoms with E-state index in [0.717, 1.165) is 5.75 Å². The molecule has 98 valence electrons. The minimum absolute atomic E-state index is 0.141. The maximum atomic E-state index is 8.70. The highest BCUT2D eigenvalue weighted by molar-refractivity contribution is 5.31. The Morgan fingerprint density at radius 2 is 1.95 bits per heavy atom. The molecule has 0 saturated carbocycles. The summed E-state index contributed by atoms with van der Waals surface area (Å²) in [6, 6.07) is 10.1. The van der Waals surface area contributed by atoms with E-state index >= 15 is 0 Å². The van der Waals surface area contributed by atoms with Gasteiger partial charge >= 0.3 is 0 Å². The molecule has 0 unspecified atom stereocenters. The monoisotopic (exact) mass is 255 g/mol. The summed E-state index contributed by atoms with van der Waals surface area (Å²) in [5, 5.41) is 12.7. The fourth-order valence-corrected chi connectivity index (χ4v) is 1.68. The van der Waals surface area contributed by atoms with Crippen LogP contribution in [0.5, 0.6) is 5.75 Å². The predicted molar refractivity (Wildman–Crippen MR) is 72.7 cm³/mol. The van der Waals surface area contributed by atoms with Gasteiger partial charge in [-0.05, 0) is 23.1 Å². The van der Waals surface area contributed by atoms with Crippen molar-refractivity contribution in [2.75, 3.05) is 0 Å². The number of ether oxygens (including phenoxy) is 1. The van der Waals surface area contributed by atoms with Gasteiger partial charge in [-0.3, -0.25) is 0 Å². The normalized spacial score (nSPS) is 11.1. The summed E-state index contributed by atoms with van der Waals surface area (Å²) in [6.45, 7) is 6.83. The lowest BCUT2D eigenvalue weighted by Gasteiger charge is -2.19. The van der Waals surface area contributed by atoms with E-state index in [1.807, 2.05) is 18.2 Å². The zero-order chi connectivity index (χ0) is 13.9. The first-order chi connectivity index (χ1) is 8.99. The van der Waals surface area contributed by atoms with E-state index in [2.05, 4.69) is 38.0 Å². The Balaban J connectivity index is 1.99. The van der Waals surface area contributed by atoms with Crippen LogP contribution in [0.1, 0.15) is 31.9 Å². The quantitative estimate of drug-likeness (QED) is 0.846. The molecule has 0 aliphatic heterocycles. The highest BCUT2D eigenvalue weighted by Gasteiger charge is 2.12. The lowest BCUT2D eigenvalue weighted by atomic mass is 9.87. The van der Waals surface area contributed by atoms with Crippen LogP contribution in [0.2, 0.25) is 0 Å². The fourth-order valence-electron chi connectivity index (χ4n) is 1.68. The third-order valence-electron chi connectivity index (χ3n) is 2.85. The summed E-state index contributed by atoms with van der Waals surface area (Å²) in [5.41, 5.74) is 1.94. The zero-order valence-corrected chi connectivity index (χ0v) is 11.4. The molecule has 0 atom stereocenters. The van der Waals surface area contributed by atoms with Crippen molar-refractivity contribution >= 4 is 0 Å². The number of nitrogens with zero attached hydrogens (tertiary/aromatic N) is 3. The highest BCUT2D eigenvalue weighted by atomic mass is 16.5. The number of rotatable bonds is 3. The van der Waals surface area contributed by atoms with Crippen LogP contribution in [0.3, 0.4) is 0 Å². The van der Waals surface area contributed by atoms with Crippen molar-refractivity contribution in [3.63, 3.8) is 0 Å². The molecular weight excluding hydrogens is 238 g/mol. The Hall–Kier alpha value is -2.28. The van der Waals surface area contributed by atoms with Crippen LogP contribution in [0, 0.1) is 11.3 Å². The number of benzene rings is 1. The van der Waals surface area contributed by atoms with Gasteiger partial charge in [0.2, 0.25) is 0 Å². The summed E-state index contributed by atoms with van der Waals surface area (Å²) in [4.78, 5) is 0. The van der Waals surface area contributed by atoms with Crippen LogP contribution >= 0.6 is 0 Å². The Labute approximate surface area is 113 Å². The molecule has 1 aromatic heterocycles. The van der Waals surface area contributed by atoms with Crippen molar-refractivity contribution in [3.05, 3.63) is 47.8 Å². The summed E-state index contributed by atoms with van der Waals surface area (Å²) in [6.07, 6.45) is 3.18. The zero-order valence-electron chi connectivity index (χ0n) is 11.4. The van der Waals surface area contributed by atoms with Crippen LogP contribution < -0.4 is 4.74 Å².